The first-order valence-electron chi connectivity index (χ1n) is 6.71. The van der Waals surface area contributed by atoms with E-state index in [1.54, 1.807) is 24.3 Å². The first-order chi connectivity index (χ1) is 10.2. The number of nitrogens with zero attached hydrogens (tertiary/aromatic N) is 1. The number of hydrogen-bond donors (Lipinski definition) is 2. The fraction of sp³-hybridized carbons (Fsp3) is 0.333. The lowest BCUT2D eigenvalue weighted by Crippen LogP contribution is -2.21. The van der Waals surface area contributed by atoms with Crippen molar-refractivity contribution < 1.29 is 9.32 Å². The standard InChI is InChI=1S/C15H17Cl2N3O2/c1-15(2,3)12-7-14(22-20-12)19-13(21)8-18-11-5-9(16)4-10(17)6-11/h4-7,18H,8H2,1-3H3,(H,19,21). The maximum Gasteiger partial charge on any atom is 0.246 e. The Morgan fingerprint density at radius 1 is 1.18 bits per heavy atom. The Morgan fingerprint density at radius 3 is 2.36 bits per heavy atom. The minimum atomic E-state index is -0.257. The molecule has 0 aliphatic heterocycles. The number of amides is 1. The molecule has 2 rings (SSSR count). The third kappa shape index (κ3) is 4.64. The number of anilines is 2. The number of halogens is 2. The molecule has 1 amide bonds. The Morgan fingerprint density at radius 2 is 1.82 bits per heavy atom. The smallest absolute Gasteiger partial charge is 0.246 e. The van der Waals surface area contributed by atoms with E-state index in [0.717, 1.165) is 5.69 Å². The van der Waals surface area contributed by atoms with Crippen LogP contribution in [0.15, 0.2) is 28.8 Å². The molecule has 0 spiro atoms. The molecule has 2 aromatic rings. The molecule has 0 radical (unpaired) electrons. The van der Waals surface area contributed by atoms with E-state index >= 15 is 0 Å². The first-order valence-corrected chi connectivity index (χ1v) is 7.46. The molecule has 22 heavy (non-hydrogen) atoms. The second kappa shape index (κ2) is 6.58. The maximum atomic E-state index is 11.9. The van der Waals surface area contributed by atoms with Crippen LogP contribution in [0, 0.1) is 0 Å². The molecule has 5 nitrogen and oxygen atoms in total. The number of aromatic nitrogens is 1. The molecule has 2 N–H and O–H groups in total. The van der Waals surface area contributed by atoms with Crippen LogP contribution in [0.1, 0.15) is 26.5 Å². The Balaban J connectivity index is 1.92. The molecule has 118 valence electrons. The summed E-state index contributed by atoms with van der Waals surface area (Å²) in [6.45, 7) is 6.10. The predicted molar refractivity (Wildman–Crippen MR) is 88.8 cm³/mol. The fourth-order valence-corrected chi connectivity index (χ4v) is 2.23. The lowest BCUT2D eigenvalue weighted by Gasteiger charge is -2.12. The third-order valence-corrected chi connectivity index (χ3v) is 3.29. The van der Waals surface area contributed by atoms with E-state index in [9.17, 15) is 4.79 Å². The summed E-state index contributed by atoms with van der Waals surface area (Å²) in [5, 5.41) is 10.5. The molecule has 0 aliphatic rings. The van der Waals surface area contributed by atoms with Crippen LogP contribution in [0.2, 0.25) is 10.0 Å². The average Bonchev–Trinajstić information content (AvgIpc) is 2.83. The van der Waals surface area contributed by atoms with Crippen LogP contribution in [0.25, 0.3) is 0 Å². The largest absolute Gasteiger partial charge is 0.376 e. The van der Waals surface area contributed by atoms with Crippen molar-refractivity contribution >= 4 is 40.7 Å². The minimum absolute atomic E-state index is 0.0578. The molecule has 0 saturated carbocycles. The van der Waals surface area contributed by atoms with Gasteiger partial charge in [0.05, 0.1) is 12.2 Å². The van der Waals surface area contributed by atoms with Crippen molar-refractivity contribution in [2.24, 2.45) is 0 Å². The Labute approximate surface area is 139 Å². The summed E-state index contributed by atoms with van der Waals surface area (Å²) >= 11 is 11.8. The van der Waals surface area contributed by atoms with Gasteiger partial charge in [-0.25, -0.2) is 0 Å². The van der Waals surface area contributed by atoms with Crippen LogP contribution in [0.5, 0.6) is 0 Å². The van der Waals surface area contributed by atoms with Crippen LogP contribution in [-0.2, 0) is 10.2 Å². The molecule has 1 aromatic heterocycles. The molecule has 0 aliphatic carbocycles. The van der Waals surface area contributed by atoms with Gasteiger partial charge >= 0.3 is 0 Å². The summed E-state index contributed by atoms with van der Waals surface area (Å²) in [5.41, 5.74) is 1.31. The summed E-state index contributed by atoms with van der Waals surface area (Å²) in [5.74, 6) is 0.0635. The molecule has 0 unspecified atom stereocenters. The van der Waals surface area contributed by atoms with Crippen molar-refractivity contribution in [1.82, 2.24) is 5.16 Å². The minimum Gasteiger partial charge on any atom is -0.376 e. The van der Waals surface area contributed by atoms with Gasteiger partial charge in [-0.3, -0.25) is 10.1 Å². The van der Waals surface area contributed by atoms with Gasteiger partial charge in [-0.1, -0.05) is 49.1 Å². The van der Waals surface area contributed by atoms with E-state index in [-0.39, 0.29) is 17.9 Å². The van der Waals surface area contributed by atoms with E-state index < -0.39 is 0 Å². The number of carbonyl (C=O) groups is 1. The van der Waals surface area contributed by atoms with E-state index in [1.165, 1.54) is 0 Å². The average molecular weight is 342 g/mol. The van der Waals surface area contributed by atoms with Gasteiger partial charge in [0, 0.05) is 27.2 Å². The lowest BCUT2D eigenvalue weighted by molar-refractivity contribution is -0.114. The highest BCUT2D eigenvalue weighted by molar-refractivity contribution is 6.35. The number of nitrogens with one attached hydrogen (secondary N) is 2. The number of benzene rings is 1. The fourth-order valence-electron chi connectivity index (χ4n) is 1.71. The summed E-state index contributed by atoms with van der Waals surface area (Å²) in [6, 6.07) is 6.71. The van der Waals surface area contributed by atoms with Crippen molar-refractivity contribution in [1.29, 1.82) is 0 Å². The summed E-state index contributed by atoms with van der Waals surface area (Å²) in [6.07, 6.45) is 0. The zero-order chi connectivity index (χ0) is 16.3. The molecule has 1 aromatic carbocycles. The van der Waals surface area contributed by atoms with E-state index in [1.807, 2.05) is 20.8 Å². The highest BCUT2D eigenvalue weighted by Gasteiger charge is 2.19. The van der Waals surface area contributed by atoms with Crippen molar-refractivity contribution in [2.45, 2.75) is 26.2 Å². The highest BCUT2D eigenvalue weighted by atomic mass is 35.5. The Bertz CT molecular complexity index is 657. The molecule has 0 atom stereocenters. The van der Waals surface area contributed by atoms with E-state index in [4.69, 9.17) is 27.7 Å². The Hall–Kier alpha value is -1.72. The zero-order valence-electron chi connectivity index (χ0n) is 12.5. The van der Waals surface area contributed by atoms with Crippen molar-refractivity contribution in [2.75, 3.05) is 17.2 Å². The number of carbonyl (C=O) groups excluding carboxylic acids is 1. The molecule has 7 heteroatoms. The second-order valence-electron chi connectivity index (χ2n) is 5.89. The molecular weight excluding hydrogens is 325 g/mol. The van der Waals surface area contributed by atoms with Gasteiger partial charge < -0.3 is 9.84 Å². The van der Waals surface area contributed by atoms with E-state index in [0.29, 0.717) is 21.6 Å². The second-order valence-corrected chi connectivity index (χ2v) is 6.76. The van der Waals surface area contributed by atoms with Crippen LogP contribution in [0.4, 0.5) is 11.6 Å². The van der Waals surface area contributed by atoms with Gasteiger partial charge in [-0.2, -0.15) is 0 Å². The maximum absolute atomic E-state index is 11.9. The lowest BCUT2D eigenvalue weighted by atomic mass is 9.92. The highest BCUT2D eigenvalue weighted by Crippen LogP contribution is 2.24. The van der Waals surface area contributed by atoms with Crippen molar-refractivity contribution in [3.63, 3.8) is 0 Å². The topological polar surface area (TPSA) is 67.2 Å². The predicted octanol–water partition coefficient (Wildman–Crippen LogP) is 4.33. The molecule has 0 bridgehead atoms. The van der Waals surface area contributed by atoms with Gasteiger partial charge in [0.25, 0.3) is 0 Å². The number of hydrogen-bond acceptors (Lipinski definition) is 4. The Kier molecular flexibility index (Phi) is 4.98. The van der Waals surface area contributed by atoms with Gasteiger partial charge in [-0.15, -0.1) is 0 Å². The van der Waals surface area contributed by atoms with Gasteiger partial charge in [-0.05, 0) is 18.2 Å². The quantitative estimate of drug-likeness (QED) is 0.868. The molecule has 0 fully saturated rings. The van der Waals surface area contributed by atoms with Crippen molar-refractivity contribution in [3.8, 4) is 0 Å². The SMILES string of the molecule is CC(C)(C)c1cc(NC(=O)CNc2cc(Cl)cc(Cl)c2)on1. The van der Waals surface area contributed by atoms with Gasteiger partial charge in [0.2, 0.25) is 11.8 Å². The first kappa shape index (κ1) is 16.6. The third-order valence-electron chi connectivity index (χ3n) is 2.86. The van der Waals surface area contributed by atoms with Crippen molar-refractivity contribution in [3.05, 3.63) is 40.0 Å². The zero-order valence-corrected chi connectivity index (χ0v) is 14.0. The molecule has 0 saturated heterocycles. The van der Waals surface area contributed by atoms with Gasteiger partial charge in [0.15, 0.2) is 0 Å². The molecule has 1 heterocycles. The van der Waals surface area contributed by atoms with Crippen LogP contribution >= 0.6 is 23.2 Å². The van der Waals surface area contributed by atoms with Crippen LogP contribution in [0.3, 0.4) is 0 Å². The van der Waals surface area contributed by atoms with Crippen LogP contribution < -0.4 is 10.6 Å². The van der Waals surface area contributed by atoms with E-state index in [2.05, 4.69) is 15.8 Å². The van der Waals surface area contributed by atoms with Gasteiger partial charge in [0.1, 0.15) is 0 Å². The molecular formula is C15H17Cl2N3O2. The normalized spacial score (nSPS) is 11.3. The summed E-state index contributed by atoms with van der Waals surface area (Å²) < 4.78 is 5.10. The van der Waals surface area contributed by atoms with Crippen LogP contribution in [-0.4, -0.2) is 17.6 Å². The summed E-state index contributed by atoms with van der Waals surface area (Å²) in [4.78, 5) is 11.9. The number of rotatable bonds is 4. The monoisotopic (exact) mass is 341 g/mol. The summed E-state index contributed by atoms with van der Waals surface area (Å²) in [7, 11) is 0.